The van der Waals surface area contributed by atoms with Crippen LogP contribution in [0.1, 0.15) is 30.6 Å². The van der Waals surface area contributed by atoms with Gasteiger partial charge in [0.05, 0.1) is 10.5 Å². The molecule has 0 unspecified atom stereocenters. The molecule has 0 aliphatic carbocycles. The van der Waals surface area contributed by atoms with Crippen LogP contribution >= 0.6 is 0 Å². The third-order valence-corrected chi connectivity index (χ3v) is 2.95. The molecule has 1 aromatic rings. The fraction of sp³-hybridized carbons (Fsp3) is 0.400. The maximum absolute atomic E-state index is 11.8. The summed E-state index contributed by atoms with van der Waals surface area (Å²) in [5.74, 6) is -1.85. The molecular formula is C15H19N3O6. The van der Waals surface area contributed by atoms with Gasteiger partial charge in [0.25, 0.3) is 11.6 Å². The van der Waals surface area contributed by atoms with Crippen molar-refractivity contribution in [2.45, 2.75) is 26.3 Å². The van der Waals surface area contributed by atoms with E-state index in [1.807, 2.05) is 6.92 Å². The summed E-state index contributed by atoms with van der Waals surface area (Å²) in [6.07, 6.45) is 0.771. The summed E-state index contributed by atoms with van der Waals surface area (Å²) in [5, 5.41) is 15.7. The molecule has 0 fully saturated rings. The van der Waals surface area contributed by atoms with Gasteiger partial charge in [0.1, 0.15) is 6.04 Å². The highest BCUT2D eigenvalue weighted by Gasteiger charge is 2.17. The second-order valence-electron chi connectivity index (χ2n) is 4.96. The van der Waals surface area contributed by atoms with E-state index in [0.717, 1.165) is 12.5 Å². The fourth-order valence-electron chi connectivity index (χ4n) is 1.71. The number of nitro groups is 1. The van der Waals surface area contributed by atoms with Gasteiger partial charge in [-0.3, -0.25) is 19.7 Å². The minimum Gasteiger partial charge on any atom is -0.452 e. The average molecular weight is 337 g/mol. The van der Waals surface area contributed by atoms with Crippen molar-refractivity contribution in [2.24, 2.45) is 0 Å². The first-order chi connectivity index (χ1) is 11.3. The number of ether oxygens (including phenoxy) is 1. The van der Waals surface area contributed by atoms with Crippen molar-refractivity contribution in [3.8, 4) is 0 Å². The van der Waals surface area contributed by atoms with E-state index >= 15 is 0 Å². The Labute approximate surface area is 138 Å². The van der Waals surface area contributed by atoms with Gasteiger partial charge in [-0.2, -0.15) is 0 Å². The first-order valence-corrected chi connectivity index (χ1v) is 7.33. The number of amides is 2. The molecular weight excluding hydrogens is 318 g/mol. The Hall–Kier alpha value is -2.97. The number of benzene rings is 1. The molecule has 0 aliphatic rings. The maximum Gasteiger partial charge on any atom is 0.338 e. The van der Waals surface area contributed by atoms with Crippen LogP contribution in [0.25, 0.3) is 0 Å². The van der Waals surface area contributed by atoms with Crippen molar-refractivity contribution in [1.29, 1.82) is 0 Å². The molecule has 0 aromatic heterocycles. The molecule has 0 spiro atoms. The smallest absolute Gasteiger partial charge is 0.338 e. The van der Waals surface area contributed by atoms with Crippen molar-refractivity contribution < 1.29 is 24.0 Å². The van der Waals surface area contributed by atoms with E-state index in [2.05, 4.69) is 10.6 Å². The van der Waals surface area contributed by atoms with E-state index < -0.39 is 29.4 Å². The zero-order valence-electron chi connectivity index (χ0n) is 13.4. The number of esters is 1. The van der Waals surface area contributed by atoms with Gasteiger partial charge >= 0.3 is 5.97 Å². The Morgan fingerprint density at radius 3 is 2.67 bits per heavy atom. The SMILES string of the molecule is CCCNC(=O)[C@@H](C)NC(=O)COC(=O)c1cccc([N+](=O)[O-])c1. The molecule has 1 atom stereocenters. The van der Waals surface area contributed by atoms with Gasteiger partial charge in [-0.1, -0.05) is 13.0 Å². The van der Waals surface area contributed by atoms with Crippen LogP contribution in [0.15, 0.2) is 24.3 Å². The number of nitrogens with one attached hydrogen (secondary N) is 2. The minimum absolute atomic E-state index is 0.0364. The summed E-state index contributed by atoms with van der Waals surface area (Å²) in [6.45, 7) is 3.32. The Bertz CT molecular complexity index is 631. The number of carbonyl (C=O) groups is 3. The second-order valence-corrected chi connectivity index (χ2v) is 4.96. The van der Waals surface area contributed by atoms with Crippen LogP contribution in [0.4, 0.5) is 5.69 Å². The van der Waals surface area contributed by atoms with Crippen molar-refractivity contribution in [1.82, 2.24) is 10.6 Å². The number of nitro benzene ring substituents is 1. The Morgan fingerprint density at radius 2 is 2.04 bits per heavy atom. The van der Waals surface area contributed by atoms with E-state index in [4.69, 9.17) is 4.74 Å². The van der Waals surface area contributed by atoms with Gasteiger partial charge in [0, 0.05) is 18.7 Å². The van der Waals surface area contributed by atoms with Gasteiger partial charge in [0.2, 0.25) is 5.91 Å². The van der Waals surface area contributed by atoms with E-state index in [9.17, 15) is 24.5 Å². The van der Waals surface area contributed by atoms with Gasteiger partial charge in [-0.05, 0) is 19.4 Å². The monoisotopic (exact) mass is 337 g/mol. The molecule has 1 aromatic carbocycles. The lowest BCUT2D eigenvalue weighted by Crippen LogP contribution is -2.46. The van der Waals surface area contributed by atoms with Crippen LogP contribution in [0, 0.1) is 10.1 Å². The number of rotatable bonds is 8. The van der Waals surface area contributed by atoms with E-state index in [-0.39, 0.29) is 17.2 Å². The van der Waals surface area contributed by atoms with Gasteiger partial charge in [0.15, 0.2) is 6.61 Å². The third-order valence-electron chi connectivity index (χ3n) is 2.95. The summed E-state index contributed by atoms with van der Waals surface area (Å²) in [5.41, 5.74) is -0.291. The molecule has 24 heavy (non-hydrogen) atoms. The summed E-state index contributed by atoms with van der Waals surface area (Å²) in [6, 6.07) is 4.21. The van der Waals surface area contributed by atoms with E-state index in [0.29, 0.717) is 6.54 Å². The third kappa shape index (κ3) is 6.03. The summed E-state index contributed by atoms with van der Waals surface area (Å²) >= 11 is 0. The highest BCUT2D eigenvalue weighted by molar-refractivity contribution is 5.93. The van der Waals surface area contributed by atoms with Gasteiger partial charge in [-0.25, -0.2) is 4.79 Å². The van der Waals surface area contributed by atoms with Crippen LogP contribution in [0.3, 0.4) is 0 Å². The standard InChI is InChI=1S/C15H19N3O6/c1-3-7-16-14(20)10(2)17-13(19)9-24-15(21)11-5-4-6-12(8-11)18(22)23/h4-6,8,10H,3,7,9H2,1-2H3,(H,16,20)(H,17,19)/t10-/m1/s1. The van der Waals surface area contributed by atoms with Crippen LogP contribution in [0.2, 0.25) is 0 Å². The predicted molar refractivity (Wildman–Crippen MR) is 84.3 cm³/mol. The first-order valence-electron chi connectivity index (χ1n) is 7.33. The number of non-ortho nitro benzene ring substituents is 1. The van der Waals surface area contributed by atoms with E-state index in [1.54, 1.807) is 0 Å². The molecule has 1 rings (SSSR count). The minimum atomic E-state index is -0.864. The summed E-state index contributed by atoms with van der Waals surface area (Å²) in [7, 11) is 0. The molecule has 0 heterocycles. The highest BCUT2D eigenvalue weighted by Crippen LogP contribution is 2.13. The van der Waals surface area contributed by atoms with Crippen molar-refractivity contribution in [2.75, 3.05) is 13.2 Å². The molecule has 0 radical (unpaired) electrons. The molecule has 0 saturated carbocycles. The van der Waals surface area contributed by atoms with Crippen molar-refractivity contribution in [3.63, 3.8) is 0 Å². The second kappa shape index (κ2) is 9.23. The van der Waals surface area contributed by atoms with Crippen LogP contribution < -0.4 is 10.6 Å². The molecule has 130 valence electrons. The lowest BCUT2D eigenvalue weighted by atomic mass is 10.2. The number of nitrogens with zero attached hydrogens (tertiary/aromatic N) is 1. The zero-order valence-corrected chi connectivity index (χ0v) is 13.4. The van der Waals surface area contributed by atoms with Crippen molar-refractivity contribution >= 4 is 23.5 Å². The molecule has 0 saturated heterocycles. The number of hydrogen-bond acceptors (Lipinski definition) is 6. The molecule has 9 heteroatoms. The summed E-state index contributed by atoms with van der Waals surface area (Å²) < 4.78 is 4.78. The lowest BCUT2D eigenvalue weighted by Gasteiger charge is -2.13. The summed E-state index contributed by atoms with van der Waals surface area (Å²) in [4.78, 5) is 45.1. The number of carbonyl (C=O) groups excluding carboxylic acids is 3. The van der Waals surface area contributed by atoms with Gasteiger partial charge in [-0.15, -0.1) is 0 Å². The topological polar surface area (TPSA) is 128 Å². The van der Waals surface area contributed by atoms with Gasteiger partial charge < -0.3 is 15.4 Å². The number of hydrogen-bond donors (Lipinski definition) is 2. The molecule has 0 bridgehead atoms. The fourth-order valence-corrected chi connectivity index (χ4v) is 1.71. The van der Waals surface area contributed by atoms with Crippen molar-refractivity contribution in [3.05, 3.63) is 39.9 Å². The first kappa shape index (κ1) is 19.1. The molecule has 9 nitrogen and oxygen atoms in total. The Morgan fingerprint density at radius 1 is 1.33 bits per heavy atom. The molecule has 2 amide bonds. The quantitative estimate of drug-likeness (QED) is 0.410. The predicted octanol–water partition coefficient (Wildman–Crippen LogP) is 0.783. The Balaban J connectivity index is 2.49. The largest absolute Gasteiger partial charge is 0.452 e. The van der Waals surface area contributed by atoms with Crippen LogP contribution in [-0.2, 0) is 14.3 Å². The normalized spacial score (nSPS) is 11.2. The zero-order chi connectivity index (χ0) is 18.1. The van der Waals surface area contributed by atoms with E-state index in [1.165, 1.54) is 25.1 Å². The highest BCUT2D eigenvalue weighted by atomic mass is 16.6. The average Bonchev–Trinajstić information content (AvgIpc) is 2.57. The van der Waals surface area contributed by atoms with Crippen LogP contribution in [-0.4, -0.2) is 41.9 Å². The van der Waals surface area contributed by atoms with Crippen LogP contribution in [0.5, 0.6) is 0 Å². The molecule has 0 aliphatic heterocycles. The molecule has 2 N–H and O–H groups in total. The lowest BCUT2D eigenvalue weighted by molar-refractivity contribution is -0.384. The Kier molecular flexibility index (Phi) is 7.34. The maximum atomic E-state index is 11.8.